The monoisotopic (exact) mass is 220 g/mol. The van der Waals surface area contributed by atoms with Crippen LogP contribution in [0.15, 0.2) is 76.6 Å². The third-order valence-electron chi connectivity index (χ3n) is 3.53. The topological polar surface area (TPSA) is 0 Å². The van der Waals surface area contributed by atoms with E-state index in [0.29, 0.717) is 11.8 Å². The summed E-state index contributed by atoms with van der Waals surface area (Å²) < 4.78 is 0. The van der Waals surface area contributed by atoms with Crippen LogP contribution in [0, 0.1) is 11.8 Å². The average Bonchev–Trinajstić information content (AvgIpc) is 2.53. The van der Waals surface area contributed by atoms with Crippen LogP contribution in [0.4, 0.5) is 0 Å². The van der Waals surface area contributed by atoms with E-state index >= 15 is 0 Å². The van der Waals surface area contributed by atoms with E-state index in [4.69, 9.17) is 0 Å². The molecule has 0 saturated heterocycles. The molecule has 0 heteroatoms. The van der Waals surface area contributed by atoms with Gasteiger partial charge in [0.2, 0.25) is 0 Å². The van der Waals surface area contributed by atoms with Crippen molar-refractivity contribution in [1.29, 1.82) is 0 Å². The Morgan fingerprint density at radius 1 is 1.06 bits per heavy atom. The number of rotatable bonds is 1. The SMILES string of the molecule is CC(C)C1=CC2=CC=C=CC3=CC=CC(=C1)C32. The Labute approximate surface area is 103 Å². The van der Waals surface area contributed by atoms with Crippen LogP contribution in [0.3, 0.4) is 0 Å². The molecule has 0 aliphatic heterocycles. The molecule has 17 heavy (non-hydrogen) atoms. The van der Waals surface area contributed by atoms with Gasteiger partial charge in [-0.1, -0.05) is 50.3 Å². The van der Waals surface area contributed by atoms with Gasteiger partial charge in [-0.15, -0.1) is 5.73 Å². The Balaban J connectivity index is 2.18. The van der Waals surface area contributed by atoms with Crippen molar-refractivity contribution in [1.82, 2.24) is 0 Å². The Hall–Kier alpha value is -1.78. The maximum Gasteiger partial charge on any atom is 0.0346 e. The summed E-state index contributed by atoms with van der Waals surface area (Å²) in [7, 11) is 0. The summed E-state index contributed by atoms with van der Waals surface area (Å²) in [5.74, 6) is 1.00. The Bertz CT molecular complexity index is 565. The standard InChI is InChI=1S/C17H16/c1-12(2)16-10-14-7-4-3-6-13-8-5-9-15(11-16)17(13)14/h4-12,17H,1-2H3. The zero-order valence-electron chi connectivity index (χ0n) is 10.3. The van der Waals surface area contributed by atoms with Crippen LogP contribution in [0.5, 0.6) is 0 Å². The van der Waals surface area contributed by atoms with Crippen molar-refractivity contribution in [2.75, 3.05) is 0 Å². The van der Waals surface area contributed by atoms with E-state index in [9.17, 15) is 0 Å². The van der Waals surface area contributed by atoms with Gasteiger partial charge in [0.15, 0.2) is 0 Å². The van der Waals surface area contributed by atoms with Crippen molar-refractivity contribution in [3.8, 4) is 0 Å². The van der Waals surface area contributed by atoms with E-state index in [1.807, 2.05) is 6.08 Å². The van der Waals surface area contributed by atoms with E-state index in [-0.39, 0.29) is 0 Å². The maximum atomic E-state index is 3.22. The lowest BCUT2D eigenvalue weighted by Crippen LogP contribution is -2.14. The molecule has 0 amide bonds. The second-order valence-corrected chi connectivity index (χ2v) is 5.05. The molecule has 0 spiro atoms. The van der Waals surface area contributed by atoms with E-state index in [1.165, 1.54) is 22.3 Å². The highest BCUT2D eigenvalue weighted by atomic mass is 14.3. The fourth-order valence-corrected chi connectivity index (χ4v) is 2.58. The van der Waals surface area contributed by atoms with E-state index < -0.39 is 0 Å². The molecule has 1 unspecified atom stereocenters. The van der Waals surface area contributed by atoms with Gasteiger partial charge in [-0.05, 0) is 40.4 Å². The van der Waals surface area contributed by atoms with Crippen molar-refractivity contribution in [3.05, 3.63) is 76.6 Å². The lowest BCUT2D eigenvalue weighted by molar-refractivity contribution is 0.766. The third-order valence-corrected chi connectivity index (χ3v) is 3.53. The minimum Gasteiger partial charge on any atom is -0.120 e. The van der Waals surface area contributed by atoms with Crippen molar-refractivity contribution >= 4 is 0 Å². The van der Waals surface area contributed by atoms with Gasteiger partial charge >= 0.3 is 0 Å². The number of allylic oxidation sites excluding steroid dienone is 11. The molecule has 0 N–H and O–H groups in total. The largest absolute Gasteiger partial charge is 0.120 e. The number of hydrogen-bond acceptors (Lipinski definition) is 0. The fraction of sp³-hybridized carbons (Fsp3) is 0.235. The molecular weight excluding hydrogens is 204 g/mol. The molecule has 0 nitrogen and oxygen atoms in total. The van der Waals surface area contributed by atoms with Gasteiger partial charge in [-0.2, -0.15) is 0 Å². The lowest BCUT2D eigenvalue weighted by Gasteiger charge is -2.28. The summed E-state index contributed by atoms with van der Waals surface area (Å²) in [5, 5.41) is 0. The quantitative estimate of drug-likeness (QED) is 0.579. The highest BCUT2D eigenvalue weighted by molar-refractivity contribution is 5.58. The molecule has 3 aliphatic rings. The van der Waals surface area contributed by atoms with Gasteiger partial charge in [-0.3, -0.25) is 0 Å². The summed E-state index contributed by atoms with van der Waals surface area (Å²) in [5.41, 5.74) is 8.79. The van der Waals surface area contributed by atoms with Crippen LogP contribution in [-0.2, 0) is 0 Å². The molecule has 0 radical (unpaired) electrons. The van der Waals surface area contributed by atoms with E-state index in [0.717, 1.165) is 0 Å². The molecule has 1 atom stereocenters. The van der Waals surface area contributed by atoms with Gasteiger partial charge < -0.3 is 0 Å². The van der Waals surface area contributed by atoms with Crippen LogP contribution in [-0.4, -0.2) is 0 Å². The minimum absolute atomic E-state index is 0.425. The van der Waals surface area contributed by atoms with Crippen molar-refractivity contribution in [2.24, 2.45) is 11.8 Å². The Kier molecular flexibility index (Phi) is 2.39. The molecule has 0 heterocycles. The zero-order chi connectivity index (χ0) is 11.8. The highest BCUT2D eigenvalue weighted by Crippen LogP contribution is 2.39. The highest BCUT2D eigenvalue weighted by Gasteiger charge is 2.25. The molecule has 0 aromatic rings. The summed E-state index contributed by atoms with van der Waals surface area (Å²) in [6.45, 7) is 4.50. The first-order chi connectivity index (χ1) is 8.25. The van der Waals surface area contributed by atoms with Gasteiger partial charge in [0, 0.05) is 5.92 Å². The predicted octanol–water partition coefficient (Wildman–Crippen LogP) is 4.27. The van der Waals surface area contributed by atoms with E-state index in [1.54, 1.807) is 0 Å². The number of hydrogen-bond donors (Lipinski definition) is 0. The zero-order valence-corrected chi connectivity index (χ0v) is 10.3. The van der Waals surface area contributed by atoms with E-state index in [2.05, 4.69) is 62.1 Å². The fourth-order valence-electron chi connectivity index (χ4n) is 2.58. The normalized spacial score (nSPS) is 24.8. The van der Waals surface area contributed by atoms with Gasteiger partial charge in [0.05, 0.1) is 0 Å². The lowest BCUT2D eigenvalue weighted by atomic mass is 9.76. The molecular formula is C17H16. The summed E-state index contributed by atoms with van der Waals surface area (Å²) >= 11 is 0. The summed E-state index contributed by atoms with van der Waals surface area (Å²) in [4.78, 5) is 0. The van der Waals surface area contributed by atoms with Crippen LogP contribution in [0.2, 0.25) is 0 Å². The predicted molar refractivity (Wildman–Crippen MR) is 72.5 cm³/mol. The van der Waals surface area contributed by atoms with Gasteiger partial charge in [0.1, 0.15) is 0 Å². The third kappa shape index (κ3) is 1.71. The summed E-state index contributed by atoms with van der Waals surface area (Å²) in [6.07, 6.45) is 17.6. The van der Waals surface area contributed by atoms with Crippen LogP contribution in [0.25, 0.3) is 0 Å². The van der Waals surface area contributed by atoms with Crippen LogP contribution >= 0.6 is 0 Å². The molecule has 0 bridgehead atoms. The molecule has 0 saturated carbocycles. The minimum atomic E-state index is 0.425. The maximum absolute atomic E-state index is 3.22. The first-order valence-electron chi connectivity index (χ1n) is 6.20. The molecule has 3 rings (SSSR count). The van der Waals surface area contributed by atoms with Gasteiger partial charge in [-0.25, -0.2) is 0 Å². The first-order valence-corrected chi connectivity index (χ1v) is 6.20. The molecule has 0 aromatic heterocycles. The van der Waals surface area contributed by atoms with Crippen molar-refractivity contribution in [3.63, 3.8) is 0 Å². The van der Waals surface area contributed by atoms with Crippen LogP contribution < -0.4 is 0 Å². The van der Waals surface area contributed by atoms with Crippen molar-refractivity contribution in [2.45, 2.75) is 13.8 Å². The summed E-state index contributed by atoms with van der Waals surface area (Å²) in [6, 6.07) is 0. The van der Waals surface area contributed by atoms with Crippen LogP contribution in [0.1, 0.15) is 13.8 Å². The second kappa shape index (κ2) is 3.91. The van der Waals surface area contributed by atoms with Crippen molar-refractivity contribution < 1.29 is 0 Å². The molecule has 84 valence electrons. The molecule has 0 fully saturated rings. The Morgan fingerprint density at radius 3 is 2.76 bits per heavy atom. The average molecular weight is 220 g/mol. The molecule has 0 aromatic carbocycles. The first kappa shape index (κ1) is 10.4. The smallest absolute Gasteiger partial charge is 0.0346 e. The second-order valence-electron chi connectivity index (χ2n) is 5.05. The Morgan fingerprint density at radius 2 is 1.94 bits per heavy atom. The van der Waals surface area contributed by atoms with Gasteiger partial charge in [0.25, 0.3) is 0 Å². The molecule has 3 aliphatic carbocycles.